The highest BCUT2D eigenvalue weighted by molar-refractivity contribution is 7.90. The van der Waals surface area contributed by atoms with Crippen molar-refractivity contribution in [3.8, 4) is 39.5 Å². The number of aryl methyl sites for hydroxylation is 1. The minimum Gasteiger partial charge on any atom is -0.440 e. The van der Waals surface area contributed by atoms with Crippen LogP contribution in [0.2, 0.25) is 0 Å². The van der Waals surface area contributed by atoms with Crippen molar-refractivity contribution in [1.82, 2.24) is 4.98 Å². The van der Waals surface area contributed by atoms with E-state index in [1.807, 2.05) is 0 Å². The van der Waals surface area contributed by atoms with Crippen molar-refractivity contribution in [3.63, 3.8) is 0 Å². The highest BCUT2D eigenvalue weighted by atomic mass is 32.2. The molecule has 0 spiro atoms. The molecule has 1 aliphatic rings. The maximum Gasteiger partial charge on any atom is 0.573 e. The van der Waals surface area contributed by atoms with Crippen molar-refractivity contribution in [3.05, 3.63) is 84.1 Å². The fourth-order valence-corrected chi connectivity index (χ4v) is 5.62. The van der Waals surface area contributed by atoms with Gasteiger partial charge in [0.2, 0.25) is 0 Å². The molecule has 3 aromatic carbocycles. The van der Waals surface area contributed by atoms with Gasteiger partial charge in [-0.1, -0.05) is 6.07 Å². The highest BCUT2D eigenvalue weighted by Crippen LogP contribution is 2.40. The number of anilines is 1. The number of sulfone groups is 1. The SMILES string of the molecule is Cc1nc(-c2ccc(OC(F)(F)F)cc2)c(-c2cc(-c3cc(F)c(CO)c(S(C)(=O)=O)c3)ccc2N/C=C\C(=N)C2CC2)o1. The molecule has 44 heavy (non-hydrogen) atoms. The summed E-state index contributed by atoms with van der Waals surface area (Å²) in [4.78, 5) is 4.10. The Hall–Kier alpha value is -4.49. The van der Waals surface area contributed by atoms with Gasteiger partial charge in [-0.25, -0.2) is 17.8 Å². The zero-order valence-electron chi connectivity index (χ0n) is 23.5. The number of hydrogen-bond donors (Lipinski definition) is 3. The van der Waals surface area contributed by atoms with E-state index >= 15 is 0 Å². The van der Waals surface area contributed by atoms with Crippen molar-refractivity contribution in [1.29, 1.82) is 5.41 Å². The van der Waals surface area contributed by atoms with Gasteiger partial charge in [-0.2, -0.15) is 0 Å². The maximum absolute atomic E-state index is 15.0. The van der Waals surface area contributed by atoms with E-state index in [2.05, 4.69) is 15.0 Å². The zero-order valence-corrected chi connectivity index (χ0v) is 24.3. The van der Waals surface area contributed by atoms with Gasteiger partial charge >= 0.3 is 6.36 Å². The number of oxazole rings is 1. The molecule has 4 aromatic rings. The van der Waals surface area contributed by atoms with Gasteiger partial charge in [-0.3, -0.25) is 0 Å². The number of allylic oxidation sites excluding steroid dienone is 1. The molecule has 0 atom stereocenters. The van der Waals surface area contributed by atoms with Crippen LogP contribution in [0.1, 0.15) is 24.3 Å². The summed E-state index contributed by atoms with van der Waals surface area (Å²) in [7, 11) is -3.90. The third kappa shape index (κ3) is 7.00. The number of rotatable bonds is 10. The Balaban J connectivity index is 1.63. The van der Waals surface area contributed by atoms with Gasteiger partial charge in [0, 0.05) is 53.4 Å². The Morgan fingerprint density at radius 1 is 1.11 bits per heavy atom. The molecule has 8 nitrogen and oxygen atoms in total. The molecular weight excluding hydrogens is 602 g/mol. The van der Waals surface area contributed by atoms with E-state index in [9.17, 15) is 31.1 Å². The average molecular weight is 630 g/mol. The Bertz CT molecular complexity index is 1860. The molecule has 1 fully saturated rings. The molecule has 5 rings (SSSR count). The normalized spacial score (nSPS) is 13.8. The van der Waals surface area contributed by atoms with Crippen LogP contribution in [0.5, 0.6) is 5.75 Å². The number of hydrogen-bond acceptors (Lipinski definition) is 8. The van der Waals surface area contributed by atoms with E-state index in [1.165, 1.54) is 18.2 Å². The first-order valence-electron chi connectivity index (χ1n) is 13.4. The topological polar surface area (TPSA) is 126 Å². The molecule has 0 saturated heterocycles. The smallest absolute Gasteiger partial charge is 0.440 e. The molecule has 1 aliphatic carbocycles. The van der Waals surface area contributed by atoms with E-state index < -0.39 is 34.4 Å². The molecule has 0 aliphatic heterocycles. The van der Waals surface area contributed by atoms with Crippen molar-refractivity contribution >= 4 is 21.2 Å². The second kappa shape index (κ2) is 11.9. The Morgan fingerprint density at radius 3 is 2.41 bits per heavy atom. The Kier molecular flexibility index (Phi) is 8.36. The van der Waals surface area contributed by atoms with Crippen molar-refractivity contribution < 1.29 is 40.2 Å². The fraction of sp³-hybridized carbons (Fsp3) is 0.226. The van der Waals surface area contributed by atoms with Crippen LogP contribution in [-0.4, -0.2) is 36.8 Å². The summed E-state index contributed by atoms with van der Waals surface area (Å²) in [5, 5.41) is 20.9. The minimum atomic E-state index is -4.85. The molecule has 3 N–H and O–H groups in total. The predicted molar refractivity (Wildman–Crippen MR) is 156 cm³/mol. The molecule has 1 heterocycles. The predicted octanol–water partition coefficient (Wildman–Crippen LogP) is 7.27. The van der Waals surface area contributed by atoms with Crippen molar-refractivity contribution in [2.24, 2.45) is 5.92 Å². The number of aliphatic hydroxyl groups is 1. The van der Waals surface area contributed by atoms with Gasteiger partial charge in [0.15, 0.2) is 21.5 Å². The quantitative estimate of drug-likeness (QED) is 0.124. The molecule has 0 bridgehead atoms. The van der Waals surface area contributed by atoms with Crippen LogP contribution in [0, 0.1) is 24.1 Å². The second-order valence-electron chi connectivity index (χ2n) is 10.3. The molecule has 1 aromatic heterocycles. The first-order valence-corrected chi connectivity index (χ1v) is 15.3. The molecule has 1 saturated carbocycles. The second-order valence-corrected chi connectivity index (χ2v) is 12.3. The van der Waals surface area contributed by atoms with E-state index in [0.29, 0.717) is 33.8 Å². The van der Waals surface area contributed by atoms with Gasteiger partial charge in [0.1, 0.15) is 17.3 Å². The van der Waals surface area contributed by atoms with Crippen LogP contribution in [0.25, 0.3) is 33.7 Å². The number of aromatic nitrogens is 1. The van der Waals surface area contributed by atoms with E-state index in [4.69, 9.17) is 9.83 Å². The molecule has 13 heteroatoms. The van der Waals surface area contributed by atoms with Crippen molar-refractivity contribution in [2.75, 3.05) is 11.6 Å². The average Bonchev–Trinajstić information content (AvgIpc) is 3.73. The standard InChI is InChI=1S/C31H27F4N3O5S/c1-17-38-29(19-5-8-22(9-6-19)43-31(33,34)35)30(42-17)23-13-20(7-10-27(23)37-12-11-26(36)18-3-4-18)21-14-25(32)24(16-39)28(15-21)44(2,40)41/h5-15,18,36-37,39H,3-4,16H2,1-2H3/b12-11-,36-26?. The summed E-state index contributed by atoms with van der Waals surface area (Å²) >= 11 is 0. The number of benzene rings is 3. The van der Waals surface area contributed by atoms with Crippen LogP contribution in [0.15, 0.2) is 76.2 Å². The number of halogens is 4. The van der Waals surface area contributed by atoms with Gasteiger partial charge in [0.05, 0.1) is 11.5 Å². The summed E-state index contributed by atoms with van der Waals surface area (Å²) in [5.74, 6) is -0.592. The number of alkyl halides is 3. The Labute approximate surface area is 250 Å². The molecule has 0 amide bonds. The van der Waals surface area contributed by atoms with Gasteiger partial charge in [0.25, 0.3) is 0 Å². The number of aliphatic hydroxyl groups excluding tert-OH is 1. The van der Waals surface area contributed by atoms with E-state index in [1.54, 1.807) is 37.4 Å². The van der Waals surface area contributed by atoms with Crippen LogP contribution >= 0.6 is 0 Å². The largest absolute Gasteiger partial charge is 0.573 e. The lowest BCUT2D eigenvalue weighted by molar-refractivity contribution is -0.274. The van der Waals surface area contributed by atoms with Crippen LogP contribution < -0.4 is 10.1 Å². The third-order valence-electron chi connectivity index (χ3n) is 6.92. The van der Waals surface area contributed by atoms with Crippen molar-refractivity contribution in [2.45, 2.75) is 37.6 Å². The monoisotopic (exact) mass is 629 g/mol. The van der Waals surface area contributed by atoms with Gasteiger partial charge < -0.3 is 25.0 Å². The summed E-state index contributed by atoms with van der Waals surface area (Å²) in [6.07, 6.45) is 1.22. The number of ether oxygens (including phenoxy) is 1. The van der Waals surface area contributed by atoms with Crippen LogP contribution in [0.4, 0.5) is 23.2 Å². The van der Waals surface area contributed by atoms with Crippen LogP contribution in [0.3, 0.4) is 0 Å². The molecule has 230 valence electrons. The highest BCUT2D eigenvalue weighted by Gasteiger charge is 2.31. The summed E-state index contributed by atoms with van der Waals surface area (Å²) < 4.78 is 87.8. The summed E-state index contributed by atoms with van der Waals surface area (Å²) in [5.41, 5.74) is 2.39. The maximum atomic E-state index is 15.0. The number of nitrogens with one attached hydrogen (secondary N) is 2. The summed E-state index contributed by atoms with van der Waals surface area (Å²) in [6, 6.07) is 12.4. The first kappa shape index (κ1) is 31.0. The zero-order chi connectivity index (χ0) is 31.8. The summed E-state index contributed by atoms with van der Waals surface area (Å²) in [6.45, 7) is 0.793. The Morgan fingerprint density at radius 2 is 1.80 bits per heavy atom. The fourth-order valence-electron chi connectivity index (χ4n) is 4.67. The third-order valence-corrected chi connectivity index (χ3v) is 8.09. The molecular formula is C31H27F4N3O5S. The van der Waals surface area contributed by atoms with Gasteiger partial charge in [-0.05, 0) is 78.6 Å². The number of nitrogens with zero attached hydrogens (tertiary/aromatic N) is 1. The molecule has 0 radical (unpaired) electrons. The lowest BCUT2D eigenvalue weighted by Gasteiger charge is -2.14. The van der Waals surface area contributed by atoms with Crippen LogP contribution in [-0.2, 0) is 16.4 Å². The van der Waals surface area contributed by atoms with E-state index in [0.717, 1.165) is 37.3 Å². The molecule has 0 unspecified atom stereocenters. The minimum absolute atomic E-state index is 0.213. The lowest BCUT2D eigenvalue weighted by atomic mass is 9.97. The van der Waals surface area contributed by atoms with E-state index in [-0.39, 0.29) is 33.6 Å². The van der Waals surface area contributed by atoms with Gasteiger partial charge in [-0.15, -0.1) is 13.2 Å². The first-order chi connectivity index (χ1) is 20.7. The lowest BCUT2D eigenvalue weighted by Crippen LogP contribution is -2.16.